The summed E-state index contributed by atoms with van der Waals surface area (Å²) in [5.74, 6) is 0.994. The Morgan fingerprint density at radius 3 is 2.83 bits per heavy atom. The molecule has 24 heavy (non-hydrogen) atoms. The molecular formula is C18H26N4O2. The fraction of sp³-hybridized carbons (Fsp3) is 0.611. The highest BCUT2D eigenvalue weighted by Gasteiger charge is 2.32. The number of rotatable bonds is 4. The van der Waals surface area contributed by atoms with Gasteiger partial charge in [0.2, 0.25) is 5.91 Å². The van der Waals surface area contributed by atoms with E-state index in [4.69, 9.17) is 4.52 Å². The number of aromatic nitrogens is 3. The summed E-state index contributed by atoms with van der Waals surface area (Å²) < 4.78 is 7.37. The summed E-state index contributed by atoms with van der Waals surface area (Å²) in [7, 11) is 1.91. The Morgan fingerprint density at radius 2 is 2.17 bits per heavy atom. The first-order valence-electron chi connectivity index (χ1n) is 8.79. The summed E-state index contributed by atoms with van der Waals surface area (Å²) in [5.41, 5.74) is 3.81. The van der Waals surface area contributed by atoms with Crippen molar-refractivity contribution in [2.75, 3.05) is 6.54 Å². The largest absolute Gasteiger partial charge is 0.356 e. The zero-order valence-electron chi connectivity index (χ0n) is 15.0. The standard InChI is InChI=1S/C18H26N4O2/c1-5-8-16(23)22-10-7-6-9-15(22)17-14(11-21(4)19-17)18-12(2)13(3)20-24-18/h11,15H,5-10H2,1-4H3/t15-/m1/s1. The predicted octanol–water partition coefficient (Wildman–Crippen LogP) is 3.55. The summed E-state index contributed by atoms with van der Waals surface area (Å²) in [4.78, 5) is 14.6. The van der Waals surface area contributed by atoms with E-state index in [9.17, 15) is 4.79 Å². The van der Waals surface area contributed by atoms with E-state index in [1.165, 1.54) is 0 Å². The van der Waals surface area contributed by atoms with Crippen molar-refractivity contribution in [1.29, 1.82) is 0 Å². The van der Waals surface area contributed by atoms with Crippen molar-refractivity contribution < 1.29 is 9.32 Å². The van der Waals surface area contributed by atoms with E-state index in [1.54, 1.807) is 4.68 Å². The zero-order chi connectivity index (χ0) is 17.3. The maximum atomic E-state index is 12.6. The van der Waals surface area contributed by atoms with Crippen molar-refractivity contribution >= 4 is 5.91 Å². The number of aryl methyl sites for hydroxylation is 2. The first-order chi connectivity index (χ1) is 11.5. The molecule has 6 nitrogen and oxygen atoms in total. The molecule has 0 N–H and O–H groups in total. The number of hydrogen-bond acceptors (Lipinski definition) is 4. The second kappa shape index (κ2) is 6.79. The SMILES string of the molecule is CCCC(=O)N1CCCC[C@@H]1c1nn(C)cc1-c1onc(C)c1C. The van der Waals surface area contributed by atoms with E-state index >= 15 is 0 Å². The third-order valence-corrected chi connectivity index (χ3v) is 4.86. The van der Waals surface area contributed by atoms with Gasteiger partial charge in [0, 0.05) is 31.8 Å². The molecule has 1 aliphatic heterocycles. The van der Waals surface area contributed by atoms with Gasteiger partial charge in [-0.05, 0) is 39.5 Å². The average molecular weight is 330 g/mol. The van der Waals surface area contributed by atoms with E-state index in [1.807, 2.05) is 38.9 Å². The number of nitrogens with zero attached hydrogens (tertiary/aromatic N) is 4. The molecule has 1 amide bonds. The Bertz CT molecular complexity index is 731. The summed E-state index contributed by atoms with van der Waals surface area (Å²) in [5, 5.41) is 8.77. The third-order valence-electron chi connectivity index (χ3n) is 4.86. The molecule has 1 fully saturated rings. The van der Waals surface area contributed by atoms with E-state index in [-0.39, 0.29) is 11.9 Å². The van der Waals surface area contributed by atoms with Crippen molar-refractivity contribution in [1.82, 2.24) is 19.8 Å². The maximum Gasteiger partial charge on any atom is 0.223 e. The Balaban J connectivity index is 2.01. The number of likely N-dealkylation sites (tertiary alicyclic amines) is 1. The minimum absolute atomic E-state index is 0.0267. The van der Waals surface area contributed by atoms with Crippen LogP contribution in [0.5, 0.6) is 0 Å². The van der Waals surface area contributed by atoms with Crippen LogP contribution in [0, 0.1) is 13.8 Å². The predicted molar refractivity (Wildman–Crippen MR) is 91.4 cm³/mol. The fourth-order valence-corrected chi connectivity index (χ4v) is 3.47. The van der Waals surface area contributed by atoms with Crippen molar-refractivity contribution in [3.05, 3.63) is 23.1 Å². The summed E-state index contributed by atoms with van der Waals surface area (Å²) in [6.45, 7) is 6.81. The number of amides is 1. The molecule has 0 bridgehead atoms. The van der Waals surface area contributed by atoms with Crippen molar-refractivity contribution in [2.45, 2.75) is 58.9 Å². The van der Waals surface area contributed by atoms with Crippen LogP contribution in [0.2, 0.25) is 0 Å². The monoisotopic (exact) mass is 330 g/mol. The number of carbonyl (C=O) groups excluding carboxylic acids is 1. The van der Waals surface area contributed by atoms with Gasteiger partial charge in [-0.15, -0.1) is 0 Å². The molecule has 0 radical (unpaired) electrons. The van der Waals surface area contributed by atoms with Crippen molar-refractivity contribution in [3.8, 4) is 11.3 Å². The molecule has 2 aromatic rings. The molecule has 3 rings (SSSR count). The van der Waals surface area contributed by atoms with Crippen LogP contribution in [0.3, 0.4) is 0 Å². The Labute approximate surface area is 142 Å². The van der Waals surface area contributed by atoms with E-state index in [0.29, 0.717) is 6.42 Å². The molecule has 0 aromatic carbocycles. The number of hydrogen-bond donors (Lipinski definition) is 0. The average Bonchev–Trinajstić information content (AvgIpc) is 3.11. The highest BCUT2D eigenvalue weighted by atomic mass is 16.5. The van der Waals surface area contributed by atoms with Gasteiger partial charge in [0.1, 0.15) is 0 Å². The molecule has 0 saturated carbocycles. The van der Waals surface area contributed by atoms with Gasteiger partial charge in [0.25, 0.3) is 0 Å². The van der Waals surface area contributed by atoms with Crippen LogP contribution in [-0.2, 0) is 11.8 Å². The van der Waals surface area contributed by atoms with Gasteiger partial charge in [-0.2, -0.15) is 5.10 Å². The van der Waals surface area contributed by atoms with Gasteiger partial charge < -0.3 is 9.42 Å². The van der Waals surface area contributed by atoms with Crippen LogP contribution < -0.4 is 0 Å². The summed E-state index contributed by atoms with van der Waals surface area (Å²) in [6.07, 6.45) is 6.57. The topological polar surface area (TPSA) is 64.2 Å². The molecule has 3 heterocycles. The van der Waals surface area contributed by atoms with Crippen LogP contribution in [0.4, 0.5) is 0 Å². The smallest absolute Gasteiger partial charge is 0.223 e. The lowest BCUT2D eigenvalue weighted by molar-refractivity contribution is -0.135. The number of carbonyl (C=O) groups is 1. The van der Waals surface area contributed by atoms with Gasteiger partial charge >= 0.3 is 0 Å². The lowest BCUT2D eigenvalue weighted by Crippen LogP contribution is -2.38. The molecule has 1 saturated heterocycles. The first kappa shape index (κ1) is 16.7. The van der Waals surface area contributed by atoms with E-state index in [2.05, 4.69) is 10.3 Å². The molecule has 130 valence electrons. The van der Waals surface area contributed by atoms with Crippen molar-refractivity contribution in [3.63, 3.8) is 0 Å². The molecule has 0 spiro atoms. The van der Waals surface area contributed by atoms with Crippen LogP contribution in [0.25, 0.3) is 11.3 Å². The second-order valence-electron chi connectivity index (χ2n) is 6.67. The highest BCUT2D eigenvalue weighted by molar-refractivity contribution is 5.77. The molecule has 2 aromatic heterocycles. The fourth-order valence-electron chi connectivity index (χ4n) is 3.47. The van der Waals surface area contributed by atoms with Gasteiger partial charge in [0.15, 0.2) is 5.76 Å². The Morgan fingerprint density at radius 1 is 1.38 bits per heavy atom. The highest BCUT2D eigenvalue weighted by Crippen LogP contribution is 2.37. The molecule has 1 aliphatic rings. The van der Waals surface area contributed by atoms with E-state index < -0.39 is 0 Å². The van der Waals surface area contributed by atoms with Gasteiger partial charge in [0.05, 0.1) is 23.0 Å². The number of piperidine rings is 1. The minimum Gasteiger partial charge on any atom is -0.356 e. The van der Waals surface area contributed by atoms with Crippen molar-refractivity contribution in [2.24, 2.45) is 7.05 Å². The van der Waals surface area contributed by atoms with E-state index in [0.717, 1.165) is 60.5 Å². The lowest BCUT2D eigenvalue weighted by Gasteiger charge is -2.35. The van der Waals surface area contributed by atoms with Gasteiger partial charge in [-0.1, -0.05) is 12.1 Å². The minimum atomic E-state index is 0.0267. The zero-order valence-corrected chi connectivity index (χ0v) is 15.0. The Hall–Kier alpha value is -2.11. The lowest BCUT2D eigenvalue weighted by atomic mass is 9.95. The quantitative estimate of drug-likeness (QED) is 0.860. The van der Waals surface area contributed by atoms with Crippen LogP contribution in [-0.4, -0.2) is 32.3 Å². The van der Waals surface area contributed by atoms with Crippen LogP contribution in [0.1, 0.15) is 62.0 Å². The maximum absolute atomic E-state index is 12.6. The second-order valence-corrected chi connectivity index (χ2v) is 6.67. The normalized spacial score (nSPS) is 18.2. The van der Waals surface area contributed by atoms with Gasteiger partial charge in [-0.3, -0.25) is 9.48 Å². The molecular weight excluding hydrogens is 304 g/mol. The summed E-state index contributed by atoms with van der Waals surface area (Å²) in [6, 6.07) is 0.0267. The molecule has 1 atom stereocenters. The summed E-state index contributed by atoms with van der Waals surface area (Å²) >= 11 is 0. The Kier molecular flexibility index (Phi) is 4.73. The third kappa shape index (κ3) is 2.97. The molecule has 0 unspecified atom stereocenters. The first-order valence-corrected chi connectivity index (χ1v) is 8.79. The van der Waals surface area contributed by atoms with Crippen LogP contribution in [0.15, 0.2) is 10.7 Å². The molecule has 6 heteroatoms. The molecule has 0 aliphatic carbocycles. The van der Waals surface area contributed by atoms with Crippen LogP contribution >= 0.6 is 0 Å². The van der Waals surface area contributed by atoms with Gasteiger partial charge in [-0.25, -0.2) is 0 Å².